The Morgan fingerprint density at radius 1 is 1.57 bits per heavy atom. The van der Waals surface area contributed by atoms with E-state index in [2.05, 4.69) is 0 Å². The van der Waals surface area contributed by atoms with Gasteiger partial charge in [-0.15, -0.1) is 0 Å². The number of allylic oxidation sites excluding steroid dienone is 2. The van der Waals surface area contributed by atoms with Gasteiger partial charge in [-0.05, 0) is 6.92 Å². The van der Waals surface area contributed by atoms with E-state index in [9.17, 15) is 4.79 Å². The van der Waals surface area contributed by atoms with Gasteiger partial charge in [0.05, 0.1) is 0 Å². The van der Waals surface area contributed by atoms with Gasteiger partial charge >= 0.3 is 18.9 Å². The minimum absolute atomic E-state index is 0. The van der Waals surface area contributed by atoms with Crippen LogP contribution in [0.3, 0.4) is 0 Å². The first-order valence-electron chi connectivity index (χ1n) is 1.96. The minimum atomic E-state index is 0. The summed E-state index contributed by atoms with van der Waals surface area (Å²) >= 11 is 0. The summed E-state index contributed by atoms with van der Waals surface area (Å²) in [7, 11) is 0. The van der Waals surface area contributed by atoms with Gasteiger partial charge in [0.15, 0.2) is 0 Å². The average molecular weight is 92.1 g/mol. The van der Waals surface area contributed by atoms with Crippen molar-refractivity contribution in [1.82, 2.24) is 0 Å². The van der Waals surface area contributed by atoms with Gasteiger partial charge in [0.1, 0.15) is 6.29 Å². The van der Waals surface area contributed by atoms with Crippen LogP contribution in [0.15, 0.2) is 12.2 Å². The normalized spacial score (nSPS) is 8.14. The van der Waals surface area contributed by atoms with E-state index in [-0.39, 0.29) is 18.9 Å². The van der Waals surface area contributed by atoms with Crippen molar-refractivity contribution in [2.75, 3.05) is 0 Å². The van der Waals surface area contributed by atoms with Gasteiger partial charge in [0, 0.05) is 6.42 Å². The molecular formula is C5H9LiO. The van der Waals surface area contributed by atoms with Gasteiger partial charge in [-0.25, -0.2) is 0 Å². The third kappa shape index (κ3) is 10.7. The zero-order chi connectivity index (χ0) is 4.83. The monoisotopic (exact) mass is 92.1 g/mol. The standard InChI is InChI=1S/C5H8O.Li.H/c1-2-3-4-5-6;;/h2-3,5H,4H2,1H3;;. The Balaban J connectivity index is 0. The first kappa shape index (κ1) is 10.1. The molecule has 0 aliphatic heterocycles. The van der Waals surface area contributed by atoms with Crippen LogP contribution < -0.4 is 0 Å². The van der Waals surface area contributed by atoms with Crippen molar-refractivity contribution >= 4 is 25.1 Å². The second-order valence-corrected chi connectivity index (χ2v) is 0.971. The number of carbonyl (C=O) groups is 1. The van der Waals surface area contributed by atoms with Crippen LogP contribution in [-0.2, 0) is 4.79 Å². The van der Waals surface area contributed by atoms with Crippen molar-refractivity contribution in [2.24, 2.45) is 0 Å². The van der Waals surface area contributed by atoms with Crippen molar-refractivity contribution in [3.63, 3.8) is 0 Å². The van der Waals surface area contributed by atoms with Gasteiger partial charge < -0.3 is 4.79 Å². The van der Waals surface area contributed by atoms with Crippen LogP contribution >= 0.6 is 0 Å². The summed E-state index contributed by atoms with van der Waals surface area (Å²) in [5.41, 5.74) is 0. The molecule has 0 fully saturated rings. The topological polar surface area (TPSA) is 17.1 Å². The molecule has 0 radical (unpaired) electrons. The molecule has 36 valence electrons. The van der Waals surface area contributed by atoms with E-state index in [4.69, 9.17) is 0 Å². The van der Waals surface area contributed by atoms with Gasteiger partial charge in [0.2, 0.25) is 0 Å². The third-order valence-corrected chi connectivity index (χ3v) is 0.468. The zero-order valence-corrected chi connectivity index (χ0v) is 3.85. The van der Waals surface area contributed by atoms with Gasteiger partial charge in [-0.3, -0.25) is 0 Å². The first-order valence-corrected chi connectivity index (χ1v) is 1.96. The van der Waals surface area contributed by atoms with Crippen molar-refractivity contribution < 1.29 is 4.79 Å². The van der Waals surface area contributed by atoms with Crippen LogP contribution in [0.5, 0.6) is 0 Å². The van der Waals surface area contributed by atoms with E-state index in [1.165, 1.54) is 0 Å². The molecule has 0 amide bonds. The predicted molar refractivity (Wildman–Crippen MR) is 32.6 cm³/mol. The first-order chi connectivity index (χ1) is 2.91. The van der Waals surface area contributed by atoms with Crippen LogP contribution in [0.1, 0.15) is 13.3 Å². The van der Waals surface area contributed by atoms with Crippen molar-refractivity contribution in [1.29, 1.82) is 0 Å². The fraction of sp³-hybridized carbons (Fsp3) is 0.400. The van der Waals surface area contributed by atoms with Gasteiger partial charge in [0.25, 0.3) is 0 Å². The van der Waals surface area contributed by atoms with Crippen LogP contribution in [0, 0.1) is 0 Å². The Morgan fingerprint density at radius 3 is 2.29 bits per heavy atom. The summed E-state index contributed by atoms with van der Waals surface area (Å²) in [6.07, 6.45) is 5.10. The summed E-state index contributed by atoms with van der Waals surface area (Å²) in [4.78, 5) is 9.51. The molecule has 0 heterocycles. The summed E-state index contributed by atoms with van der Waals surface area (Å²) in [5, 5.41) is 0. The SMILES string of the molecule is CC=CCC=O.[LiH]. The van der Waals surface area contributed by atoms with E-state index in [1.807, 2.05) is 19.1 Å². The maximum absolute atomic E-state index is 9.51. The van der Waals surface area contributed by atoms with Crippen molar-refractivity contribution in [3.05, 3.63) is 12.2 Å². The van der Waals surface area contributed by atoms with Gasteiger partial charge in [-0.2, -0.15) is 0 Å². The average Bonchev–Trinajstić information content (AvgIpc) is 1.61. The number of aldehydes is 1. The molecule has 7 heavy (non-hydrogen) atoms. The number of hydrogen-bond donors (Lipinski definition) is 0. The molecule has 0 aromatic carbocycles. The van der Waals surface area contributed by atoms with Crippen LogP contribution in [-0.4, -0.2) is 25.1 Å². The van der Waals surface area contributed by atoms with Crippen LogP contribution in [0.4, 0.5) is 0 Å². The number of carbonyl (C=O) groups excluding carboxylic acids is 1. The molecule has 0 aromatic rings. The third-order valence-electron chi connectivity index (χ3n) is 0.468. The summed E-state index contributed by atoms with van der Waals surface area (Å²) in [5.74, 6) is 0. The molecule has 2 heteroatoms. The molecular weight excluding hydrogens is 83.0 g/mol. The maximum atomic E-state index is 9.51. The Kier molecular flexibility index (Phi) is 13.5. The Bertz CT molecular complexity index is 59.1. The Labute approximate surface area is 56.0 Å². The van der Waals surface area contributed by atoms with E-state index >= 15 is 0 Å². The molecule has 0 aliphatic rings. The van der Waals surface area contributed by atoms with E-state index in [0.717, 1.165) is 6.29 Å². The summed E-state index contributed by atoms with van der Waals surface area (Å²) in [6.45, 7) is 1.89. The molecule has 0 atom stereocenters. The molecule has 0 rings (SSSR count). The molecule has 0 unspecified atom stereocenters. The molecule has 0 saturated carbocycles. The Hall–Kier alpha value is 0.00740. The Morgan fingerprint density at radius 2 is 2.14 bits per heavy atom. The zero-order valence-electron chi connectivity index (χ0n) is 3.85. The summed E-state index contributed by atoms with van der Waals surface area (Å²) < 4.78 is 0. The fourth-order valence-electron chi connectivity index (χ4n) is 0.192. The van der Waals surface area contributed by atoms with E-state index in [0.29, 0.717) is 6.42 Å². The van der Waals surface area contributed by atoms with Crippen LogP contribution in [0.2, 0.25) is 0 Å². The molecule has 0 aliphatic carbocycles. The van der Waals surface area contributed by atoms with Crippen molar-refractivity contribution in [2.45, 2.75) is 13.3 Å². The molecule has 0 N–H and O–H groups in total. The number of hydrogen-bond acceptors (Lipinski definition) is 1. The molecule has 0 bridgehead atoms. The molecule has 0 saturated heterocycles. The molecule has 0 spiro atoms. The van der Waals surface area contributed by atoms with Crippen molar-refractivity contribution in [3.8, 4) is 0 Å². The predicted octanol–water partition coefficient (Wildman–Crippen LogP) is 0.503. The molecule has 1 nitrogen and oxygen atoms in total. The van der Waals surface area contributed by atoms with Crippen LogP contribution in [0.25, 0.3) is 0 Å². The second kappa shape index (κ2) is 9.38. The van der Waals surface area contributed by atoms with Gasteiger partial charge in [-0.1, -0.05) is 12.2 Å². The summed E-state index contributed by atoms with van der Waals surface area (Å²) in [6, 6.07) is 0. The fourth-order valence-corrected chi connectivity index (χ4v) is 0.192. The second-order valence-electron chi connectivity index (χ2n) is 0.971. The quantitative estimate of drug-likeness (QED) is 0.275. The van der Waals surface area contributed by atoms with E-state index < -0.39 is 0 Å². The van der Waals surface area contributed by atoms with E-state index in [1.54, 1.807) is 0 Å². The number of rotatable bonds is 2. The molecule has 0 aromatic heterocycles.